The van der Waals surface area contributed by atoms with Crippen LogP contribution in [0.4, 0.5) is 0 Å². The standard InChI is InChI=1S/C21H20Cl3NO/c1-15(13-17-7-10-19(23)14-20(17)24)4-11-21(26)25-12-2-3-16-5-8-18(22)9-6-16/h2-8,10-11,13-14,18H,9,12H2,1H3,(H,25,26)/b3-2-,11-4+,15-13+. The molecule has 0 aromatic heterocycles. The van der Waals surface area contributed by atoms with E-state index < -0.39 is 0 Å². The van der Waals surface area contributed by atoms with Crippen molar-refractivity contribution in [3.05, 3.63) is 87.5 Å². The van der Waals surface area contributed by atoms with Crippen molar-refractivity contribution in [1.82, 2.24) is 5.32 Å². The molecule has 1 amide bonds. The molecule has 136 valence electrons. The van der Waals surface area contributed by atoms with Crippen LogP contribution in [0.3, 0.4) is 0 Å². The van der Waals surface area contributed by atoms with E-state index in [0.717, 1.165) is 23.1 Å². The highest BCUT2D eigenvalue weighted by atomic mass is 35.5. The van der Waals surface area contributed by atoms with Crippen molar-refractivity contribution in [2.75, 3.05) is 6.54 Å². The third kappa shape index (κ3) is 7.25. The zero-order valence-corrected chi connectivity index (χ0v) is 16.7. The lowest BCUT2D eigenvalue weighted by atomic mass is 10.1. The third-order valence-electron chi connectivity index (χ3n) is 3.62. The summed E-state index contributed by atoms with van der Waals surface area (Å²) in [6.45, 7) is 2.37. The minimum absolute atomic E-state index is 0.0797. The van der Waals surface area contributed by atoms with Gasteiger partial charge in [-0.25, -0.2) is 0 Å². The van der Waals surface area contributed by atoms with Crippen molar-refractivity contribution in [2.45, 2.75) is 18.7 Å². The number of carbonyl (C=O) groups is 1. The van der Waals surface area contributed by atoms with Gasteiger partial charge in [-0.05, 0) is 36.6 Å². The van der Waals surface area contributed by atoms with Crippen LogP contribution in [0.15, 0.2) is 71.9 Å². The van der Waals surface area contributed by atoms with E-state index in [4.69, 9.17) is 34.8 Å². The highest BCUT2D eigenvalue weighted by Crippen LogP contribution is 2.23. The molecule has 1 unspecified atom stereocenters. The number of hydrogen-bond acceptors (Lipinski definition) is 1. The highest BCUT2D eigenvalue weighted by molar-refractivity contribution is 6.35. The number of halogens is 3. The molecule has 0 aliphatic heterocycles. The number of alkyl halides is 1. The molecule has 2 nitrogen and oxygen atoms in total. The second-order valence-corrected chi connectivity index (χ2v) is 7.25. The second-order valence-electron chi connectivity index (χ2n) is 5.85. The van der Waals surface area contributed by atoms with Gasteiger partial charge >= 0.3 is 0 Å². The number of nitrogens with one attached hydrogen (secondary N) is 1. The Balaban J connectivity index is 1.81. The lowest BCUT2D eigenvalue weighted by Crippen LogP contribution is -2.20. The van der Waals surface area contributed by atoms with E-state index in [-0.39, 0.29) is 11.3 Å². The van der Waals surface area contributed by atoms with Gasteiger partial charge in [-0.2, -0.15) is 0 Å². The zero-order valence-electron chi connectivity index (χ0n) is 14.4. The zero-order chi connectivity index (χ0) is 18.9. The molecule has 0 radical (unpaired) electrons. The van der Waals surface area contributed by atoms with Gasteiger partial charge in [-0.3, -0.25) is 4.79 Å². The number of carbonyl (C=O) groups excluding carboxylic acids is 1. The van der Waals surface area contributed by atoms with Crippen LogP contribution < -0.4 is 5.32 Å². The molecule has 0 spiro atoms. The predicted molar refractivity (Wildman–Crippen MR) is 113 cm³/mol. The molecule has 2 rings (SSSR count). The lowest BCUT2D eigenvalue weighted by Gasteiger charge is -2.06. The Bertz CT molecular complexity index is 803. The van der Waals surface area contributed by atoms with Crippen molar-refractivity contribution in [3.8, 4) is 0 Å². The molecular weight excluding hydrogens is 389 g/mol. The van der Waals surface area contributed by atoms with E-state index in [2.05, 4.69) is 11.4 Å². The maximum Gasteiger partial charge on any atom is 0.244 e. The summed E-state index contributed by atoms with van der Waals surface area (Å²) < 4.78 is 0. The Morgan fingerprint density at radius 3 is 2.81 bits per heavy atom. The lowest BCUT2D eigenvalue weighted by molar-refractivity contribution is -0.116. The van der Waals surface area contributed by atoms with Gasteiger partial charge in [-0.1, -0.05) is 77.4 Å². The monoisotopic (exact) mass is 407 g/mol. The van der Waals surface area contributed by atoms with E-state index in [0.29, 0.717) is 16.6 Å². The molecule has 0 saturated heterocycles. The van der Waals surface area contributed by atoms with Gasteiger partial charge in [0.2, 0.25) is 5.91 Å². The number of hydrogen-bond donors (Lipinski definition) is 1. The van der Waals surface area contributed by atoms with Crippen LogP contribution in [0.5, 0.6) is 0 Å². The van der Waals surface area contributed by atoms with Crippen molar-refractivity contribution >= 4 is 46.8 Å². The average Bonchev–Trinajstić information content (AvgIpc) is 2.61. The molecule has 0 bridgehead atoms. The summed E-state index contributed by atoms with van der Waals surface area (Å²) in [5.74, 6) is -0.154. The smallest absolute Gasteiger partial charge is 0.244 e. The molecule has 5 heteroatoms. The number of benzene rings is 1. The van der Waals surface area contributed by atoms with Crippen molar-refractivity contribution < 1.29 is 4.79 Å². The Morgan fingerprint density at radius 2 is 2.12 bits per heavy atom. The van der Waals surface area contributed by atoms with Gasteiger partial charge < -0.3 is 5.32 Å². The number of rotatable bonds is 6. The number of amides is 1. The topological polar surface area (TPSA) is 29.1 Å². The first-order valence-electron chi connectivity index (χ1n) is 8.22. The minimum atomic E-state index is -0.154. The fourth-order valence-corrected chi connectivity index (χ4v) is 2.89. The molecule has 26 heavy (non-hydrogen) atoms. The molecular formula is C21H20Cl3NO. The first kappa shape index (κ1) is 20.6. The van der Waals surface area contributed by atoms with Gasteiger partial charge in [0.05, 0.1) is 5.38 Å². The van der Waals surface area contributed by atoms with E-state index >= 15 is 0 Å². The first-order chi connectivity index (χ1) is 12.4. The van der Waals surface area contributed by atoms with Crippen molar-refractivity contribution in [3.63, 3.8) is 0 Å². The summed E-state index contributed by atoms with van der Waals surface area (Å²) in [4.78, 5) is 11.9. The Labute approximate surface area is 169 Å². The summed E-state index contributed by atoms with van der Waals surface area (Å²) >= 11 is 18.0. The van der Waals surface area contributed by atoms with Gasteiger partial charge in [0, 0.05) is 22.7 Å². The van der Waals surface area contributed by atoms with Gasteiger partial charge in [0.25, 0.3) is 0 Å². The van der Waals surface area contributed by atoms with Gasteiger partial charge in [0.15, 0.2) is 0 Å². The second kappa shape index (κ2) is 10.4. The van der Waals surface area contributed by atoms with Crippen molar-refractivity contribution in [1.29, 1.82) is 0 Å². The fourth-order valence-electron chi connectivity index (χ4n) is 2.27. The van der Waals surface area contributed by atoms with Crippen LogP contribution >= 0.6 is 34.8 Å². The van der Waals surface area contributed by atoms with Gasteiger partial charge in [0.1, 0.15) is 0 Å². The van der Waals surface area contributed by atoms with Crippen LogP contribution in [0, 0.1) is 0 Å². The van der Waals surface area contributed by atoms with Crippen LogP contribution in [-0.4, -0.2) is 17.8 Å². The van der Waals surface area contributed by atoms with Crippen LogP contribution in [-0.2, 0) is 4.79 Å². The first-order valence-corrected chi connectivity index (χ1v) is 9.41. The van der Waals surface area contributed by atoms with E-state index in [1.807, 2.05) is 43.4 Å². The highest BCUT2D eigenvalue weighted by Gasteiger charge is 2.02. The Hall–Kier alpha value is -1.74. The van der Waals surface area contributed by atoms with Crippen LogP contribution in [0.1, 0.15) is 18.9 Å². The summed E-state index contributed by atoms with van der Waals surface area (Å²) in [6, 6.07) is 5.31. The maximum atomic E-state index is 11.9. The predicted octanol–water partition coefficient (Wildman–Crippen LogP) is 6.12. The third-order valence-corrected chi connectivity index (χ3v) is 4.51. The van der Waals surface area contributed by atoms with E-state index in [9.17, 15) is 4.79 Å². The largest absolute Gasteiger partial charge is 0.349 e. The molecule has 0 fully saturated rings. The molecule has 1 N–H and O–H groups in total. The maximum absolute atomic E-state index is 11.9. The molecule has 1 atom stereocenters. The molecule has 1 aliphatic rings. The quantitative estimate of drug-likeness (QED) is 0.343. The fraction of sp³-hybridized carbons (Fsp3) is 0.190. The van der Waals surface area contributed by atoms with Crippen LogP contribution in [0.25, 0.3) is 6.08 Å². The summed E-state index contributed by atoms with van der Waals surface area (Å²) in [5, 5.41) is 4.06. The van der Waals surface area contributed by atoms with E-state index in [1.54, 1.807) is 18.2 Å². The Morgan fingerprint density at radius 1 is 1.31 bits per heavy atom. The van der Waals surface area contributed by atoms with Crippen molar-refractivity contribution in [2.24, 2.45) is 0 Å². The molecule has 0 saturated carbocycles. The summed E-state index contributed by atoms with van der Waals surface area (Å²) in [5.41, 5.74) is 2.87. The Kier molecular flexibility index (Phi) is 8.24. The SMILES string of the molecule is CC(/C=C/C(=O)NC/C=C\C1=CCC(Cl)C=C1)=C\c1ccc(Cl)cc1Cl. The molecule has 1 aliphatic carbocycles. The average molecular weight is 409 g/mol. The normalized spacial score (nSPS) is 17.8. The van der Waals surface area contributed by atoms with E-state index in [1.165, 1.54) is 6.08 Å². The molecule has 0 heterocycles. The summed E-state index contributed by atoms with van der Waals surface area (Å²) in [6.07, 6.45) is 15.9. The molecule has 1 aromatic carbocycles. The summed E-state index contributed by atoms with van der Waals surface area (Å²) in [7, 11) is 0. The number of allylic oxidation sites excluding steroid dienone is 7. The van der Waals surface area contributed by atoms with Gasteiger partial charge in [-0.15, -0.1) is 11.6 Å². The minimum Gasteiger partial charge on any atom is -0.349 e. The van der Waals surface area contributed by atoms with Crippen LogP contribution in [0.2, 0.25) is 10.0 Å². The molecule has 1 aromatic rings.